The summed E-state index contributed by atoms with van der Waals surface area (Å²) in [6.45, 7) is 7.19. The van der Waals surface area contributed by atoms with Crippen LogP contribution in [0.3, 0.4) is 0 Å². The van der Waals surface area contributed by atoms with Crippen molar-refractivity contribution >= 4 is 19.3 Å². The van der Waals surface area contributed by atoms with Gasteiger partial charge >= 0.3 is 75.9 Å². The van der Waals surface area contributed by atoms with Crippen molar-refractivity contribution in [1.29, 1.82) is 0 Å². The monoisotopic (exact) mass is 451 g/mol. The minimum absolute atomic E-state index is 0. The molecule has 0 N–H and O–H groups in total. The van der Waals surface area contributed by atoms with Gasteiger partial charge in [-0.3, -0.25) is 0 Å². The van der Waals surface area contributed by atoms with E-state index < -0.39 is 8.07 Å². The summed E-state index contributed by atoms with van der Waals surface area (Å²) in [5, 5.41) is 1.66. The first kappa shape index (κ1) is 20.0. The Kier molecular flexibility index (Phi) is 5.92. The van der Waals surface area contributed by atoms with Crippen molar-refractivity contribution in [3.05, 3.63) is 70.7 Å². The molecule has 0 spiro atoms. The molecule has 4 aliphatic rings. The Hall–Kier alpha value is -0.340. The Bertz CT molecular complexity index is 822. The van der Waals surface area contributed by atoms with E-state index in [2.05, 4.69) is 56.4 Å². The third-order valence-electron chi connectivity index (χ3n) is 5.26. The van der Waals surface area contributed by atoms with Gasteiger partial charge in [-0.25, -0.2) is 0 Å². The Balaban J connectivity index is 0.000000163. The summed E-state index contributed by atoms with van der Waals surface area (Å²) in [4.78, 5) is 0. The van der Waals surface area contributed by atoms with Crippen LogP contribution in [-0.2, 0) is 24.7 Å². The molecule has 2 atom stereocenters. The number of hydrogen-bond donors (Lipinski definition) is 0. The predicted octanol–water partition coefficient (Wildman–Crippen LogP) is -0.740. The topological polar surface area (TPSA) is 13.1 Å². The molecule has 0 radical (unpaired) electrons. The Morgan fingerprint density at radius 3 is 2.38 bits per heavy atom. The predicted molar refractivity (Wildman–Crippen MR) is 89.7 cm³/mol. The zero-order chi connectivity index (χ0) is 15.5. The van der Waals surface area contributed by atoms with Gasteiger partial charge in [-0.1, -0.05) is 18.7 Å². The van der Waals surface area contributed by atoms with E-state index in [1.807, 2.05) is 12.5 Å². The van der Waals surface area contributed by atoms with E-state index in [1.165, 1.54) is 22.3 Å². The summed E-state index contributed by atoms with van der Waals surface area (Å²) in [7, 11) is -1.04. The van der Waals surface area contributed by atoms with Gasteiger partial charge in [0.15, 0.2) is 0 Å². The maximum atomic E-state index is 5.22. The molecular formula is C19H19Cl2OSiZr. The van der Waals surface area contributed by atoms with Gasteiger partial charge in [-0.05, 0) is 12.1 Å². The number of benzene rings is 1. The second kappa shape index (κ2) is 7.11. The Labute approximate surface area is 172 Å². The van der Waals surface area contributed by atoms with Gasteiger partial charge in [0.25, 0.3) is 0 Å². The van der Waals surface area contributed by atoms with Gasteiger partial charge in [0.1, 0.15) is 0 Å². The van der Waals surface area contributed by atoms with E-state index in [4.69, 9.17) is 4.42 Å². The van der Waals surface area contributed by atoms with Crippen LogP contribution in [0.1, 0.15) is 38.3 Å². The van der Waals surface area contributed by atoms with Gasteiger partial charge in [0, 0.05) is 16.7 Å². The molecule has 1 aromatic carbocycles. The standard InChI is InChI=1S/C10H12OSi.C9H7.2ClH.Zr/c1-6-9-7-4-11-5-8(7)10(6)12(9,2)3;1-2-5-9-7-3-6-8(9)4-1;;;/h4-5,9H,1-3H3;1-7H;2*1H;/q;;;;+2/p-2. The molecule has 0 saturated heterocycles. The zero-order valence-corrected chi connectivity index (χ0v) is 18.9. The van der Waals surface area contributed by atoms with Gasteiger partial charge in [0.2, 0.25) is 0 Å². The van der Waals surface area contributed by atoms with E-state index in [9.17, 15) is 0 Å². The summed E-state index contributed by atoms with van der Waals surface area (Å²) >= 11 is 1.59. The molecule has 2 aromatic rings. The third-order valence-corrected chi connectivity index (χ3v) is 10.6. The van der Waals surface area contributed by atoms with Crippen molar-refractivity contribution in [2.45, 2.75) is 29.2 Å². The molecule has 3 heterocycles. The third kappa shape index (κ3) is 2.78. The fraction of sp³-hybridized carbons (Fsp3) is 0.263. The quantitative estimate of drug-likeness (QED) is 0.479. The summed E-state index contributed by atoms with van der Waals surface area (Å²) in [5.74, 6) is 0. The van der Waals surface area contributed by atoms with Crippen LogP contribution in [0.4, 0.5) is 0 Å². The van der Waals surface area contributed by atoms with Crippen molar-refractivity contribution < 1.29 is 54.0 Å². The normalized spacial score (nSPS) is 23.2. The van der Waals surface area contributed by atoms with Crippen LogP contribution in [-0.4, -0.2) is 8.07 Å². The summed E-state index contributed by atoms with van der Waals surface area (Å²) in [6, 6.07) is 8.60. The zero-order valence-electron chi connectivity index (χ0n) is 13.9. The number of rotatable bonds is 0. The average Bonchev–Trinajstić information content (AvgIpc) is 3.18. The molecule has 0 fully saturated rings. The number of fused-ring (bicyclic) bond motifs is 1. The molecule has 1 aromatic heterocycles. The van der Waals surface area contributed by atoms with Crippen molar-refractivity contribution in [2.24, 2.45) is 0 Å². The van der Waals surface area contributed by atoms with Crippen LogP contribution >= 0.6 is 0 Å². The molecule has 2 bridgehead atoms. The molecule has 0 amide bonds. The molecule has 123 valence electrons. The SMILES string of the molecule is CC1=C2c3cocc3C1[Si]2(C)C.[Cl-].[Cl-].[Zr+2][CH]1C=Cc2ccccc21. The van der Waals surface area contributed by atoms with Crippen molar-refractivity contribution in [1.82, 2.24) is 0 Å². The van der Waals surface area contributed by atoms with Gasteiger partial charge in [-0.2, -0.15) is 0 Å². The van der Waals surface area contributed by atoms with Gasteiger partial charge in [-0.15, -0.1) is 0 Å². The minimum atomic E-state index is -1.04. The summed E-state index contributed by atoms with van der Waals surface area (Å²) in [6.07, 6.45) is 8.37. The Morgan fingerprint density at radius 1 is 1.04 bits per heavy atom. The molecular weight excluding hydrogens is 434 g/mol. The first-order chi connectivity index (χ1) is 10.5. The molecule has 2 unspecified atom stereocenters. The number of furan rings is 1. The van der Waals surface area contributed by atoms with E-state index in [0.717, 1.165) is 5.54 Å². The summed E-state index contributed by atoms with van der Waals surface area (Å²) in [5.41, 5.74) is 8.20. The molecule has 2 aliphatic carbocycles. The maximum absolute atomic E-state index is 5.22. The van der Waals surface area contributed by atoms with Crippen LogP contribution in [0.25, 0.3) is 11.3 Å². The number of allylic oxidation sites excluding steroid dienone is 2. The van der Waals surface area contributed by atoms with E-state index in [1.54, 1.807) is 35.5 Å². The molecule has 5 heteroatoms. The van der Waals surface area contributed by atoms with Crippen LogP contribution < -0.4 is 24.8 Å². The van der Waals surface area contributed by atoms with Crippen molar-refractivity contribution in [2.75, 3.05) is 0 Å². The van der Waals surface area contributed by atoms with E-state index >= 15 is 0 Å². The van der Waals surface area contributed by atoms with Gasteiger partial charge < -0.3 is 29.2 Å². The van der Waals surface area contributed by atoms with Crippen LogP contribution in [0, 0.1) is 0 Å². The second-order valence-corrected chi connectivity index (χ2v) is 13.0. The van der Waals surface area contributed by atoms with Crippen LogP contribution in [0.2, 0.25) is 13.1 Å². The first-order valence-corrected chi connectivity index (χ1v) is 12.3. The van der Waals surface area contributed by atoms with Crippen LogP contribution in [0.5, 0.6) is 0 Å². The number of halogens is 2. The molecule has 0 saturated carbocycles. The van der Waals surface area contributed by atoms with Crippen molar-refractivity contribution in [3.8, 4) is 0 Å². The number of hydrogen-bond acceptors (Lipinski definition) is 1. The Morgan fingerprint density at radius 2 is 1.75 bits per heavy atom. The first-order valence-electron chi connectivity index (χ1n) is 7.77. The second-order valence-electron chi connectivity index (χ2n) is 6.92. The fourth-order valence-corrected chi connectivity index (χ4v) is 9.65. The summed E-state index contributed by atoms with van der Waals surface area (Å²) < 4.78 is 5.93. The molecule has 6 rings (SSSR count). The van der Waals surface area contributed by atoms with Crippen molar-refractivity contribution in [3.63, 3.8) is 0 Å². The van der Waals surface area contributed by atoms with E-state index in [-0.39, 0.29) is 24.8 Å². The molecule has 1 nitrogen and oxygen atoms in total. The van der Waals surface area contributed by atoms with Gasteiger partial charge in [0.05, 0.1) is 20.6 Å². The van der Waals surface area contributed by atoms with E-state index in [0.29, 0.717) is 3.63 Å². The average molecular weight is 454 g/mol. The molecule has 2 aliphatic heterocycles. The fourth-order valence-electron chi connectivity index (χ4n) is 4.43. The molecule has 24 heavy (non-hydrogen) atoms. The van der Waals surface area contributed by atoms with Crippen LogP contribution in [0.15, 0.2) is 52.9 Å².